The van der Waals surface area contributed by atoms with Crippen LogP contribution in [-0.4, -0.2) is 53.6 Å². The fraction of sp³-hybridized carbons (Fsp3) is 0.316. The molecule has 0 aromatic heterocycles. The molecule has 1 amide bonds. The van der Waals surface area contributed by atoms with E-state index in [0.717, 1.165) is 0 Å². The average Bonchev–Trinajstić information content (AvgIpc) is 2.68. The van der Waals surface area contributed by atoms with Crippen LogP contribution in [0.5, 0.6) is 5.75 Å². The molecule has 0 fully saturated rings. The predicted molar refractivity (Wildman–Crippen MR) is 110 cm³/mol. The van der Waals surface area contributed by atoms with E-state index in [2.05, 4.69) is 20.7 Å². The summed E-state index contributed by atoms with van der Waals surface area (Å²) in [5.41, 5.74) is 0.747. The van der Waals surface area contributed by atoms with Crippen molar-refractivity contribution in [3.63, 3.8) is 0 Å². The van der Waals surface area contributed by atoms with Crippen LogP contribution in [0.25, 0.3) is 0 Å². The molecule has 1 N–H and O–H groups in total. The Bertz CT molecular complexity index is 985. The van der Waals surface area contributed by atoms with Gasteiger partial charge in [0.2, 0.25) is 10.0 Å². The molecule has 10 heteroatoms. The second-order valence-electron chi connectivity index (χ2n) is 6.16. The minimum absolute atomic E-state index is 0.0379. The lowest BCUT2D eigenvalue weighted by atomic mass is 10.1. The van der Waals surface area contributed by atoms with Gasteiger partial charge in [-0.1, -0.05) is 6.07 Å². The van der Waals surface area contributed by atoms with Gasteiger partial charge in [-0.15, -0.1) is 0 Å². The van der Waals surface area contributed by atoms with Crippen molar-refractivity contribution in [1.29, 1.82) is 0 Å². The number of hydrogen-bond acceptors (Lipinski definition) is 5. The van der Waals surface area contributed by atoms with Gasteiger partial charge in [-0.25, -0.2) is 17.5 Å². The minimum Gasteiger partial charge on any atom is -0.494 e. The van der Waals surface area contributed by atoms with Crippen LogP contribution in [0.4, 0.5) is 4.39 Å². The summed E-state index contributed by atoms with van der Waals surface area (Å²) in [5, 5.41) is 0. The van der Waals surface area contributed by atoms with E-state index in [1.807, 2.05) is 0 Å². The molecule has 0 bridgehead atoms. The third kappa shape index (κ3) is 5.99. The number of nitrogens with one attached hydrogen (secondary N) is 1. The van der Waals surface area contributed by atoms with E-state index in [4.69, 9.17) is 9.47 Å². The molecular formula is C19H22BrFN2O5S. The normalized spacial score (nSPS) is 11.3. The van der Waals surface area contributed by atoms with Gasteiger partial charge in [0, 0.05) is 31.7 Å². The van der Waals surface area contributed by atoms with Crippen LogP contribution < -0.4 is 9.46 Å². The second-order valence-corrected chi connectivity index (χ2v) is 8.78. The van der Waals surface area contributed by atoms with E-state index < -0.39 is 21.7 Å². The van der Waals surface area contributed by atoms with Crippen molar-refractivity contribution in [2.24, 2.45) is 0 Å². The van der Waals surface area contributed by atoms with Gasteiger partial charge in [0.15, 0.2) is 11.6 Å². The van der Waals surface area contributed by atoms with Crippen LogP contribution in [0.3, 0.4) is 0 Å². The second kappa shape index (κ2) is 10.1. The van der Waals surface area contributed by atoms with Gasteiger partial charge in [-0.2, -0.15) is 0 Å². The predicted octanol–water partition coefficient (Wildman–Crippen LogP) is 2.79. The fourth-order valence-electron chi connectivity index (χ4n) is 2.56. The van der Waals surface area contributed by atoms with Crippen LogP contribution >= 0.6 is 15.9 Å². The molecule has 0 spiro atoms. The quantitative estimate of drug-likeness (QED) is 0.548. The molecule has 0 aliphatic rings. The first-order valence-electron chi connectivity index (χ1n) is 8.55. The Morgan fingerprint density at radius 1 is 1.21 bits per heavy atom. The first-order valence-corrected chi connectivity index (χ1v) is 10.8. The molecule has 2 aromatic carbocycles. The molecule has 2 aromatic rings. The number of nitrogens with zero attached hydrogens (tertiary/aromatic N) is 1. The number of methoxy groups -OCH3 is 2. The number of hydrogen-bond donors (Lipinski definition) is 1. The van der Waals surface area contributed by atoms with E-state index in [1.165, 1.54) is 49.5 Å². The first-order chi connectivity index (χ1) is 13.7. The maximum Gasteiger partial charge on any atom is 0.255 e. The summed E-state index contributed by atoms with van der Waals surface area (Å²) in [7, 11) is 0.601. The number of amides is 1. The minimum atomic E-state index is -3.79. The number of sulfonamides is 1. The Labute approximate surface area is 178 Å². The molecule has 0 unspecified atom stereocenters. The third-order valence-corrected chi connectivity index (χ3v) is 6.21. The topological polar surface area (TPSA) is 84.9 Å². The van der Waals surface area contributed by atoms with Crippen LogP contribution in [0.15, 0.2) is 45.8 Å². The van der Waals surface area contributed by atoms with Gasteiger partial charge in [0.1, 0.15) is 0 Å². The highest BCUT2D eigenvalue weighted by molar-refractivity contribution is 9.10. The summed E-state index contributed by atoms with van der Waals surface area (Å²) in [5.74, 6) is -0.825. The lowest BCUT2D eigenvalue weighted by Gasteiger charge is -2.19. The molecule has 29 heavy (non-hydrogen) atoms. The molecule has 7 nitrogen and oxygen atoms in total. The highest BCUT2D eigenvalue weighted by Crippen LogP contribution is 2.24. The summed E-state index contributed by atoms with van der Waals surface area (Å²) in [6.45, 7) is 0.471. The van der Waals surface area contributed by atoms with Crippen molar-refractivity contribution >= 4 is 31.9 Å². The number of ether oxygens (including phenoxy) is 2. The number of carbonyl (C=O) groups excluding carboxylic acids is 1. The molecule has 2 rings (SSSR count). The Morgan fingerprint density at radius 2 is 1.93 bits per heavy atom. The van der Waals surface area contributed by atoms with E-state index in [-0.39, 0.29) is 35.9 Å². The zero-order valence-corrected chi connectivity index (χ0v) is 18.6. The lowest BCUT2D eigenvalue weighted by Crippen LogP contribution is -2.29. The van der Waals surface area contributed by atoms with Crippen LogP contribution in [0.1, 0.15) is 15.9 Å². The molecule has 0 saturated carbocycles. The monoisotopic (exact) mass is 488 g/mol. The Balaban J connectivity index is 2.22. The van der Waals surface area contributed by atoms with Crippen molar-refractivity contribution in [2.45, 2.75) is 11.4 Å². The van der Waals surface area contributed by atoms with Gasteiger partial charge < -0.3 is 14.4 Å². The molecule has 0 saturated heterocycles. The summed E-state index contributed by atoms with van der Waals surface area (Å²) >= 11 is 3.29. The molecular weight excluding hydrogens is 467 g/mol. The fourth-order valence-corrected chi connectivity index (χ4v) is 4.01. The zero-order valence-electron chi connectivity index (χ0n) is 16.2. The summed E-state index contributed by atoms with van der Waals surface area (Å²) in [4.78, 5) is 14.2. The standard InChI is InChI=1S/C19H22BrFN2O5S/c1-23(12-13-4-7-18(28-3)17(21)10-13)19(24)15-11-14(5-6-16(15)20)29(25,26)22-8-9-27-2/h4-7,10-11,22H,8-9,12H2,1-3H3. The summed E-state index contributed by atoms with van der Waals surface area (Å²) < 4.78 is 51.2. The maximum atomic E-state index is 13.9. The van der Waals surface area contributed by atoms with Crippen LogP contribution in [-0.2, 0) is 21.3 Å². The van der Waals surface area contributed by atoms with Gasteiger partial charge >= 0.3 is 0 Å². The first kappa shape index (κ1) is 23.3. The van der Waals surface area contributed by atoms with Gasteiger partial charge in [0.25, 0.3) is 5.91 Å². The van der Waals surface area contributed by atoms with Crippen molar-refractivity contribution in [3.05, 3.63) is 57.8 Å². The molecule has 0 aliphatic heterocycles. The Morgan fingerprint density at radius 3 is 2.55 bits per heavy atom. The third-order valence-electron chi connectivity index (χ3n) is 4.06. The van der Waals surface area contributed by atoms with Gasteiger partial charge in [0.05, 0.1) is 24.2 Å². The van der Waals surface area contributed by atoms with Crippen LogP contribution in [0.2, 0.25) is 0 Å². The Hall–Kier alpha value is -2.01. The largest absolute Gasteiger partial charge is 0.494 e. The number of rotatable bonds is 9. The number of benzene rings is 2. The summed E-state index contributed by atoms with van der Waals surface area (Å²) in [6.07, 6.45) is 0. The summed E-state index contributed by atoms with van der Waals surface area (Å²) in [6, 6.07) is 8.62. The maximum absolute atomic E-state index is 13.9. The molecule has 0 radical (unpaired) electrons. The van der Waals surface area contributed by atoms with E-state index >= 15 is 0 Å². The van der Waals surface area contributed by atoms with Gasteiger partial charge in [-0.05, 0) is 51.8 Å². The zero-order chi connectivity index (χ0) is 21.6. The van der Waals surface area contributed by atoms with E-state index in [0.29, 0.717) is 10.0 Å². The van der Waals surface area contributed by atoms with Crippen molar-refractivity contribution < 1.29 is 27.1 Å². The van der Waals surface area contributed by atoms with Crippen molar-refractivity contribution in [2.75, 3.05) is 34.4 Å². The average molecular weight is 489 g/mol. The molecule has 0 heterocycles. The SMILES string of the molecule is COCCNS(=O)(=O)c1ccc(Br)c(C(=O)N(C)Cc2ccc(OC)c(F)c2)c1. The van der Waals surface area contributed by atoms with Crippen LogP contribution in [0, 0.1) is 5.82 Å². The lowest BCUT2D eigenvalue weighted by molar-refractivity contribution is 0.0783. The number of carbonyl (C=O) groups is 1. The smallest absolute Gasteiger partial charge is 0.255 e. The molecule has 0 aliphatic carbocycles. The van der Waals surface area contributed by atoms with E-state index in [9.17, 15) is 17.6 Å². The Kier molecular flexibility index (Phi) is 8.14. The molecule has 158 valence electrons. The van der Waals surface area contributed by atoms with Crippen molar-refractivity contribution in [3.8, 4) is 5.75 Å². The number of halogens is 2. The van der Waals surface area contributed by atoms with Crippen molar-refractivity contribution in [1.82, 2.24) is 9.62 Å². The van der Waals surface area contributed by atoms with E-state index in [1.54, 1.807) is 13.1 Å². The highest BCUT2D eigenvalue weighted by Gasteiger charge is 2.21. The molecule has 0 atom stereocenters. The highest BCUT2D eigenvalue weighted by atomic mass is 79.9. The van der Waals surface area contributed by atoms with Gasteiger partial charge in [-0.3, -0.25) is 4.79 Å².